The van der Waals surface area contributed by atoms with Crippen LogP contribution in [-0.4, -0.2) is 72.0 Å². The fraction of sp³-hybridized carbons (Fsp3) is 0.786. The van der Waals surface area contributed by atoms with E-state index < -0.39 is 17.4 Å². The van der Waals surface area contributed by atoms with E-state index >= 15 is 0 Å². The zero-order chi connectivity index (χ0) is 16.2. The van der Waals surface area contributed by atoms with Crippen LogP contribution in [0, 0.1) is 5.92 Å². The van der Waals surface area contributed by atoms with Gasteiger partial charge >= 0.3 is 5.97 Å². The van der Waals surface area contributed by atoms with E-state index in [0.717, 1.165) is 13.0 Å². The SMILES string of the molecule is CN(C)CCCN1CC(C(=O)NC(C)(C)C(=O)O)CC1=O. The minimum Gasteiger partial charge on any atom is -0.480 e. The summed E-state index contributed by atoms with van der Waals surface area (Å²) in [6.07, 6.45) is 1.01. The van der Waals surface area contributed by atoms with Gasteiger partial charge in [-0.2, -0.15) is 0 Å². The first kappa shape index (κ1) is 17.4. The van der Waals surface area contributed by atoms with E-state index in [1.807, 2.05) is 19.0 Å². The number of rotatable bonds is 7. The van der Waals surface area contributed by atoms with Crippen LogP contribution in [0.4, 0.5) is 0 Å². The van der Waals surface area contributed by atoms with Crippen LogP contribution < -0.4 is 5.32 Å². The van der Waals surface area contributed by atoms with Crippen LogP contribution >= 0.6 is 0 Å². The normalized spacial score (nSPS) is 19.2. The maximum absolute atomic E-state index is 12.1. The Balaban J connectivity index is 2.50. The Kier molecular flexibility index (Phi) is 5.71. The van der Waals surface area contributed by atoms with Gasteiger partial charge in [-0.05, 0) is 40.9 Å². The van der Waals surface area contributed by atoms with E-state index in [4.69, 9.17) is 5.11 Å². The highest BCUT2D eigenvalue weighted by molar-refractivity contribution is 5.92. The van der Waals surface area contributed by atoms with Gasteiger partial charge in [0.05, 0.1) is 5.92 Å². The lowest BCUT2D eigenvalue weighted by Gasteiger charge is -2.23. The summed E-state index contributed by atoms with van der Waals surface area (Å²) < 4.78 is 0. The van der Waals surface area contributed by atoms with E-state index in [2.05, 4.69) is 5.32 Å². The Bertz CT molecular complexity index is 420. The number of hydrogen-bond donors (Lipinski definition) is 2. The van der Waals surface area contributed by atoms with Crippen molar-refractivity contribution in [1.82, 2.24) is 15.1 Å². The molecule has 7 heteroatoms. The summed E-state index contributed by atoms with van der Waals surface area (Å²) in [6, 6.07) is 0. The molecule has 21 heavy (non-hydrogen) atoms. The zero-order valence-electron chi connectivity index (χ0n) is 13.2. The Hall–Kier alpha value is -1.63. The zero-order valence-corrected chi connectivity index (χ0v) is 13.2. The topological polar surface area (TPSA) is 89.9 Å². The molecule has 2 amide bonds. The number of carbonyl (C=O) groups excluding carboxylic acids is 2. The third-order valence-corrected chi connectivity index (χ3v) is 3.59. The average Bonchev–Trinajstić information content (AvgIpc) is 2.70. The lowest BCUT2D eigenvalue weighted by molar-refractivity contribution is -0.146. The van der Waals surface area contributed by atoms with E-state index in [1.165, 1.54) is 13.8 Å². The molecule has 1 saturated heterocycles. The number of carboxylic acid groups (broad SMARTS) is 1. The second-order valence-electron chi connectivity index (χ2n) is 6.32. The van der Waals surface area contributed by atoms with Crippen molar-refractivity contribution in [2.24, 2.45) is 5.92 Å². The second-order valence-corrected chi connectivity index (χ2v) is 6.32. The van der Waals surface area contributed by atoms with Gasteiger partial charge in [0.2, 0.25) is 11.8 Å². The van der Waals surface area contributed by atoms with Crippen LogP contribution in [-0.2, 0) is 14.4 Å². The molecular formula is C14H25N3O4. The van der Waals surface area contributed by atoms with Gasteiger partial charge in [0.25, 0.3) is 0 Å². The van der Waals surface area contributed by atoms with Gasteiger partial charge in [0, 0.05) is 19.5 Å². The monoisotopic (exact) mass is 299 g/mol. The molecule has 2 N–H and O–H groups in total. The van der Waals surface area contributed by atoms with Crippen LogP contribution in [0.15, 0.2) is 0 Å². The van der Waals surface area contributed by atoms with Crippen LogP contribution in [0.2, 0.25) is 0 Å². The van der Waals surface area contributed by atoms with E-state index in [9.17, 15) is 14.4 Å². The van der Waals surface area contributed by atoms with Gasteiger partial charge in [0.15, 0.2) is 0 Å². The molecule has 0 radical (unpaired) electrons. The number of nitrogens with one attached hydrogen (secondary N) is 1. The van der Waals surface area contributed by atoms with Gasteiger partial charge in [0.1, 0.15) is 5.54 Å². The summed E-state index contributed by atoms with van der Waals surface area (Å²) in [4.78, 5) is 38.7. The predicted molar refractivity (Wildman–Crippen MR) is 77.7 cm³/mol. The molecule has 0 aliphatic carbocycles. The third-order valence-electron chi connectivity index (χ3n) is 3.59. The van der Waals surface area contributed by atoms with Crippen molar-refractivity contribution in [2.45, 2.75) is 32.2 Å². The van der Waals surface area contributed by atoms with Gasteiger partial charge in [-0.15, -0.1) is 0 Å². The lowest BCUT2D eigenvalue weighted by Crippen LogP contribution is -2.51. The minimum absolute atomic E-state index is 0.0398. The fourth-order valence-corrected chi connectivity index (χ4v) is 2.21. The van der Waals surface area contributed by atoms with Crippen molar-refractivity contribution in [2.75, 3.05) is 33.7 Å². The van der Waals surface area contributed by atoms with Gasteiger partial charge in [-0.1, -0.05) is 0 Å². The Morgan fingerprint density at radius 1 is 1.43 bits per heavy atom. The van der Waals surface area contributed by atoms with Crippen molar-refractivity contribution in [3.63, 3.8) is 0 Å². The molecular weight excluding hydrogens is 274 g/mol. The molecule has 0 aromatic heterocycles. The molecule has 1 atom stereocenters. The average molecular weight is 299 g/mol. The highest BCUT2D eigenvalue weighted by atomic mass is 16.4. The number of likely N-dealkylation sites (tertiary alicyclic amines) is 1. The summed E-state index contributed by atoms with van der Waals surface area (Å²) in [5.41, 5.74) is -1.32. The summed E-state index contributed by atoms with van der Waals surface area (Å²) in [5, 5.41) is 11.5. The van der Waals surface area contributed by atoms with Crippen molar-refractivity contribution in [1.29, 1.82) is 0 Å². The maximum Gasteiger partial charge on any atom is 0.328 e. The molecule has 0 bridgehead atoms. The number of nitrogens with zero attached hydrogens (tertiary/aromatic N) is 2. The predicted octanol–water partition coefficient (Wildman–Crippen LogP) is -0.234. The molecule has 1 aliphatic heterocycles. The first-order chi connectivity index (χ1) is 9.63. The number of amides is 2. The molecule has 1 rings (SSSR count). The first-order valence-electron chi connectivity index (χ1n) is 7.11. The minimum atomic E-state index is -1.32. The van der Waals surface area contributed by atoms with Gasteiger partial charge in [-0.25, -0.2) is 4.79 Å². The Morgan fingerprint density at radius 3 is 2.57 bits per heavy atom. The molecule has 1 heterocycles. The standard InChI is InChI=1S/C14H25N3O4/c1-14(2,13(20)21)15-12(19)10-8-11(18)17(9-10)7-5-6-16(3)4/h10H,5-9H2,1-4H3,(H,15,19)(H,20,21). The van der Waals surface area contributed by atoms with Crippen molar-refractivity contribution in [3.05, 3.63) is 0 Å². The van der Waals surface area contributed by atoms with E-state index in [1.54, 1.807) is 4.90 Å². The summed E-state index contributed by atoms with van der Waals surface area (Å²) in [7, 11) is 3.94. The Morgan fingerprint density at radius 2 is 2.05 bits per heavy atom. The third kappa shape index (κ3) is 5.00. The molecule has 120 valence electrons. The largest absolute Gasteiger partial charge is 0.480 e. The van der Waals surface area contributed by atoms with Gasteiger partial charge < -0.3 is 20.2 Å². The number of aliphatic carboxylic acids is 1. The highest BCUT2D eigenvalue weighted by Gasteiger charge is 2.37. The number of hydrogen-bond acceptors (Lipinski definition) is 4. The molecule has 1 fully saturated rings. The van der Waals surface area contributed by atoms with Crippen LogP contribution in [0.25, 0.3) is 0 Å². The van der Waals surface area contributed by atoms with Crippen LogP contribution in [0.1, 0.15) is 26.7 Å². The smallest absolute Gasteiger partial charge is 0.328 e. The second kappa shape index (κ2) is 6.89. The molecule has 0 aromatic rings. The molecule has 1 aliphatic rings. The van der Waals surface area contributed by atoms with Crippen molar-refractivity contribution >= 4 is 17.8 Å². The number of carbonyl (C=O) groups is 3. The van der Waals surface area contributed by atoms with Crippen molar-refractivity contribution in [3.8, 4) is 0 Å². The lowest BCUT2D eigenvalue weighted by atomic mass is 10.0. The van der Waals surface area contributed by atoms with Gasteiger partial charge in [-0.3, -0.25) is 9.59 Å². The highest BCUT2D eigenvalue weighted by Crippen LogP contribution is 2.19. The van der Waals surface area contributed by atoms with E-state index in [0.29, 0.717) is 13.1 Å². The number of carboxylic acids is 1. The molecule has 0 saturated carbocycles. The summed E-state index contributed by atoms with van der Waals surface area (Å²) in [6.45, 7) is 4.74. The van der Waals surface area contributed by atoms with Crippen LogP contribution in [0.5, 0.6) is 0 Å². The fourth-order valence-electron chi connectivity index (χ4n) is 2.21. The summed E-state index contributed by atoms with van der Waals surface area (Å²) in [5.74, 6) is -1.97. The van der Waals surface area contributed by atoms with E-state index in [-0.39, 0.29) is 18.2 Å². The molecule has 7 nitrogen and oxygen atoms in total. The van der Waals surface area contributed by atoms with Crippen LogP contribution in [0.3, 0.4) is 0 Å². The first-order valence-corrected chi connectivity index (χ1v) is 7.11. The summed E-state index contributed by atoms with van der Waals surface area (Å²) >= 11 is 0. The molecule has 1 unspecified atom stereocenters. The quantitative estimate of drug-likeness (QED) is 0.677. The maximum atomic E-state index is 12.1. The Labute approximate surface area is 125 Å². The molecule has 0 spiro atoms. The molecule has 0 aromatic carbocycles. The van der Waals surface area contributed by atoms with Crippen molar-refractivity contribution < 1.29 is 19.5 Å².